The zero-order valence-corrected chi connectivity index (χ0v) is 13.0. The molecule has 0 unspecified atom stereocenters. The van der Waals surface area contributed by atoms with Gasteiger partial charge in [0.2, 0.25) is 0 Å². The van der Waals surface area contributed by atoms with Gasteiger partial charge in [-0.1, -0.05) is 48.5 Å². The van der Waals surface area contributed by atoms with Crippen LogP contribution in [-0.4, -0.2) is 17.4 Å². The minimum atomic E-state index is -0.195. The van der Waals surface area contributed by atoms with Crippen molar-refractivity contribution in [1.82, 2.24) is 4.98 Å². The second kappa shape index (κ2) is 5.81. The number of carbonyl (C=O) groups excluding carboxylic acids is 1. The van der Waals surface area contributed by atoms with Crippen LogP contribution in [0.1, 0.15) is 15.9 Å². The maximum Gasteiger partial charge on any atom is 0.259 e. The average molecular weight is 316 g/mol. The first kappa shape index (κ1) is 14.5. The Morgan fingerprint density at radius 3 is 2.58 bits per heavy atom. The van der Waals surface area contributed by atoms with Gasteiger partial charge in [-0.05, 0) is 29.7 Å². The molecule has 0 saturated heterocycles. The highest BCUT2D eigenvalue weighted by molar-refractivity contribution is 6.07. The van der Waals surface area contributed by atoms with Crippen molar-refractivity contribution >= 4 is 11.6 Å². The van der Waals surface area contributed by atoms with Gasteiger partial charge in [-0.2, -0.15) is 0 Å². The Hall–Kier alpha value is -3.14. The standard InChI is InChI=1S/C20H16N2O2/c23-19-17(14-6-2-1-3-7-14)12-16(13-21-19)20(24)22-11-10-15-8-4-5-9-18(15)22/h1-9,12-13H,10-11H2,(H,21,23). The summed E-state index contributed by atoms with van der Waals surface area (Å²) >= 11 is 0. The van der Waals surface area contributed by atoms with Gasteiger partial charge in [0.05, 0.1) is 5.56 Å². The normalized spacial score (nSPS) is 12.9. The summed E-state index contributed by atoms with van der Waals surface area (Å²) < 4.78 is 0. The summed E-state index contributed by atoms with van der Waals surface area (Å²) in [4.78, 5) is 29.5. The van der Waals surface area contributed by atoms with E-state index in [2.05, 4.69) is 4.98 Å². The molecule has 1 N–H and O–H groups in total. The van der Waals surface area contributed by atoms with Crippen LogP contribution in [0.4, 0.5) is 5.69 Å². The number of aromatic nitrogens is 1. The number of rotatable bonds is 2. The quantitative estimate of drug-likeness (QED) is 0.789. The average Bonchev–Trinajstić information content (AvgIpc) is 3.06. The Morgan fingerprint density at radius 1 is 1.00 bits per heavy atom. The van der Waals surface area contributed by atoms with Gasteiger partial charge in [-0.25, -0.2) is 0 Å². The van der Waals surface area contributed by atoms with Crippen LogP contribution in [0.5, 0.6) is 0 Å². The topological polar surface area (TPSA) is 53.2 Å². The summed E-state index contributed by atoms with van der Waals surface area (Å²) in [6, 6.07) is 19.0. The van der Waals surface area contributed by atoms with Crippen LogP contribution in [0.25, 0.3) is 11.1 Å². The summed E-state index contributed by atoms with van der Waals surface area (Å²) in [6.45, 7) is 0.665. The molecular formula is C20H16N2O2. The van der Waals surface area contributed by atoms with E-state index in [-0.39, 0.29) is 11.5 Å². The first-order valence-electron chi connectivity index (χ1n) is 7.92. The monoisotopic (exact) mass is 316 g/mol. The summed E-state index contributed by atoms with van der Waals surface area (Å²) in [7, 11) is 0. The number of benzene rings is 2. The molecule has 0 spiro atoms. The Morgan fingerprint density at radius 2 is 1.75 bits per heavy atom. The highest BCUT2D eigenvalue weighted by Crippen LogP contribution is 2.29. The molecule has 4 nitrogen and oxygen atoms in total. The van der Waals surface area contributed by atoms with Gasteiger partial charge in [0.1, 0.15) is 0 Å². The van der Waals surface area contributed by atoms with Crippen LogP contribution in [0.3, 0.4) is 0 Å². The Labute approximate surface area is 139 Å². The minimum Gasteiger partial charge on any atom is -0.328 e. The predicted molar refractivity (Wildman–Crippen MR) is 94.3 cm³/mol. The number of hydrogen-bond donors (Lipinski definition) is 1. The third kappa shape index (κ3) is 2.42. The van der Waals surface area contributed by atoms with E-state index >= 15 is 0 Å². The molecule has 0 bridgehead atoms. The first-order valence-corrected chi connectivity index (χ1v) is 7.92. The van der Waals surface area contributed by atoms with Crippen LogP contribution < -0.4 is 10.5 Å². The minimum absolute atomic E-state index is 0.0895. The molecule has 2 aromatic carbocycles. The van der Waals surface area contributed by atoms with Gasteiger partial charge < -0.3 is 9.88 Å². The van der Waals surface area contributed by atoms with E-state index in [9.17, 15) is 9.59 Å². The fourth-order valence-corrected chi connectivity index (χ4v) is 3.14. The number of para-hydroxylation sites is 1. The van der Waals surface area contributed by atoms with Gasteiger partial charge in [-0.3, -0.25) is 9.59 Å². The summed E-state index contributed by atoms with van der Waals surface area (Å²) in [6.07, 6.45) is 2.36. The van der Waals surface area contributed by atoms with Gasteiger partial charge in [0.25, 0.3) is 11.5 Å². The van der Waals surface area contributed by atoms with Gasteiger partial charge >= 0.3 is 0 Å². The first-order chi connectivity index (χ1) is 11.7. The smallest absolute Gasteiger partial charge is 0.259 e. The molecule has 24 heavy (non-hydrogen) atoms. The van der Waals surface area contributed by atoms with Crippen LogP contribution in [0.15, 0.2) is 71.7 Å². The Balaban J connectivity index is 1.73. The molecule has 0 saturated carbocycles. The molecule has 1 aliphatic heterocycles. The van der Waals surface area contributed by atoms with Crippen molar-refractivity contribution < 1.29 is 4.79 Å². The lowest BCUT2D eigenvalue weighted by molar-refractivity contribution is 0.0989. The zero-order valence-electron chi connectivity index (χ0n) is 13.0. The van der Waals surface area contributed by atoms with E-state index in [0.29, 0.717) is 17.7 Å². The molecule has 118 valence electrons. The second-order valence-corrected chi connectivity index (χ2v) is 5.83. The maximum absolute atomic E-state index is 12.9. The van der Waals surface area contributed by atoms with Gasteiger partial charge in [0.15, 0.2) is 0 Å². The lowest BCUT2D eigenvalue weighted by Crippen LogP contribution is -2.29. The molecule has 0 fully saturated rings. The number of fused-ring (bicyclic) bond motifs is 1. The van der Waals surface area contributed by atoms with E-state index in [1.165, 1.54) is 11.8 Å². The number of hydrogen-bond acceptors (Lipinski definition) is 2. The van der Waals surface area contributed by atoms with Gasteiger partial charge in [0, 0.05) is 24.0 Å². The van der Waals surface area contributed by atoms with Crippen LogP contribution >= 0.6 is 0 Å². The summed E-state index contributed by atoms with van der Waals surface area (Å²) in [5.74, 6) is -0.0895. The molecule has 3 aromatic rings. The molecule has 1 aliphatic rings. The van der Waals surface area contributed by atoms with Crippen molar-refractivity contribution in [2.24, 2.45) is 0 Å². The zero-order chi connectivity index (χ0) is 16.5. The van der Waals surface area contributed by atoms with E-state index < -0.39 is 0 Å². The van der Waals surface area contributed by atoms with Crippen molar-refractivity contribution in [1.29, 1.82) is 0 Å². The molecule has 4 rings (SSSR count). The number of H-pyrrole nitrogens is 1. The predicted octanol–water partition coefficient (Wildman–Crippen LogP) is 3.24. The third-order valence-electron chi connectivity index (χ3n) is 4.37. The molecule has 0 aliphatic carbocycles. The van der Waals surface area contributed by atoms with Crippen molar-refractivity contribution in [2.75, 3.05) is 11.4 Å². The van der Waals surface area contributed by atoms with Crippen molar-refractivity contribution in [3.05, 3.63) is 88.3 Å². The number of anilines is 1. The van der Waals surface area contributed by atoms with E-state index in [1.54, 1.807) is 11.0 Å². The van der Waals surface area contributed by atoms with E-state index in [4.69, 9.17) is 0 Å². The molecule has 2 heterocycles. The van der Waals surface area contributed by atoms with E-state index in [0.717, 1.165) is 17.7 Å². The number of aromatic amines is 1. The van der Waals surface area contributed by atoms with Crippen LogP contribution in [-0.2, 0) is 6.42 Å². The third-order valence-corrected chi connectivity index (χ3v) is 4.37. The highest BCUT2D eigenvalue weighted by Gasteiger charge is 2.25. The molecular weight excluding hydrogens is 300 g/mol. The molecule has 0 radical (unpaired) electrons. The molecule has 1 aromatic heterocycles. The summed E-state index contributed by atoms with van der Waals surface area (Å²) in [5.41, 5.74) is 3.74. The lowest BCUT2D eigenvalue weighted by atomic mass is 10.1. The van der Waals surface area contributed by atoms with Crippen molar-refractivity contribution in [3.8, 4) is 11.1 Å². The highest BCUT2D eigenvalue weighted by atomic mass is 16.2. The Kier molecular flexibility index (Phi) is 3.50. The fourth-order valence-electron chi connectivity index (χ4n) is 3.14. The van der Waals surface area contributed by atoms with Gasteiger partial charge in [-0.15, -0.1) is 0 Å². The number of nitrogens with one attached hydrogen (secondary N) is 1. The molecule has 0 atom stereocenters. The number of nitrogens with zero attached hydrogens (tertiary/aromatic N) is 1. The van der Waals surface area contributed by atoms with Crippen molar-refractivity contribution in [2.45, 2.75) is 6.42 Å². The number of amides is 1. The van der Waals surface area contributed by atoms with E-state index in [1.807, 2.05) is 54.6 Å². The van der Waals surface area contributed by atoms with Crippen molar-refractivity contribution in [3.63, 3.8) is 0 Å². The number of carbonyl (C=O) groups is 1. The summed E-state index contributed by atoms with van der Waals surface area (Å²) in [5, 5.41) is 0. The SMILES string of the molecule is O=C(c1c[nH]c(=O)c(-c2ccccc2)c1)N1CCc2ccccc21. The second-order valence-electron chi connectivity index (χ2n) is 5.83. The maximum atomic E-state index is 12.9. The fraction of sp³-hybridized carbons (Fsp3) is 0.100. The van der Waals surface area contributed by atoms with Crippen LogP contribution in [0.2, 0.25) is 0 Å². The Bertz CT molecular complexity index is 961. The van der Waals surface area contributed by atoms with Crippen LogP contribution in [0, 0.1) is 0 Å². The largest absolute Gasteiger partial charge is 0.328 e. The lowest BCUT2D eigenvalue weighted by Gasteiger charge is -2.17. The number of pyridine rings is 1. The molecule has 4 heteroatoms. The molecule has 1 amide bonds.